The Bertz CT molecular complexity index is 956. The molecule has 0 spiro atoms. The standard InChI is InChI=1S/C18H21N5.C2HF3O/c1-2-5-16(13-6-3-4-7-13)23-11-14(10-22-23)17-15-8-9-19-18(15)21-12-20-17;3-2(4,5)1-6/h2,8-13,16H,1,3-7H2,(H,19,20,21);1H. The molecule has 1 saturated carbocycles. The van der Waals surface area contributed by atoms with E-state index in [9.17, 15) is 13.2 Å². The first-order valence-electron chi connectivity index (χ1n) is 9.39. The minimum absolute atomic E-state index is 0.410. The lowest BCUT2D eigenvalue weighted by molar-refractivity contribution is -0.156. The molecule has 6 nitrogen and oxygen atoms in total. The van der Waals surface area contributed by atoms with Gasteiger partial charge in [0.15, 0.2) is 0 Å². The Morgan fingerprint density at radius 1 is 1.31 bits per heavy atom. The second-order valence-corrected chi connectivity index (χ2v) is 6.97. The zero-order valence-electron chi connectivity index (χ0n) is 15.8. The van der Waals surface area contributed by atoms with Gasteiger partial charge in [0.05, 0.1) is 17.9 Å². The van der Waals surface area contributed by atoms with Gasteiger partial charge < -0.3 is 4.98 Å². The summed E-state index contributed by atoms with van der Waals surface area (Å²) < 4.78 is 33.4. The van der Waals surface area contributed by atoms with Gasteiger partial charge in [-0.2, -0.15) is 18.3 Å². The van der Waals surface area contributed by atoms with Crippen LogP contribution in [0.4, 0.5) is 13.2 Å². The third-order valence-corrected chi connectivity index (χ3v) is 5.05. The van der Waals surface area contributed by atoms with Gasteiger partial charge in [-0.25, -0.2) is 9.97 Å². The van der Waals surface area contributed by atoms with E-state index in [-0.39, 0.29) is 0 Å². The molecule has 0 radical (unpaired) electrons. The van der Waals surface area contributed by atoms with Gasteiger partial charge in [0.2, 0.25) is 6.29 Å². The van der Waals surface area contributed by atoms with Gasteiger partial charge in [0, 0.05) is 23.3 Å². The summed E-state index contributed by atoms with van der Waals surface area (Å²) in [6.07, 6.45) is 10.1. The summed E-state index contributed by atoms with van der Waals surface area (Å²) in [5.41, 5.74) is 2.84. The fourth-order valence-electron chi connectivity index (χ4n) is 3.77. The highest BCUT2D eigenvalue weighted by atomic mass is 19.4. The number of halogens is 3. The Hall–Kier alpha value is -2.97. The zero-order chi connectivity index (χ0) is 20.9. The molecule has 1 aliphatic carbocycles. The third kappa shape index (κ3) is 5.10. The lowest BCUT2D eigenvalue weighted by Crippen LogP contribution is -2.17. The normalized spacial score (nSPS) is 15.7. The summed E-state index contributed by atoms with van der Waals surface area (Å²) >= 11 is 0. The van der Waals surface area contributed by atoms with E-state index in [2.05, 4.69) is 37.5 Å². The van der Waals surface area contributed by atoms with E-state index in [1.54, 1.807) is 6.33 Å². The van der Waals surface area contributed by atoms with Gasteiger partial charge in [-0.05, 0) is 31.2 Å². The second-order valence-electron chi connectivity index (χ2n) is 6.97. The first kappa shape index (κ1) is 20.8. The van der Waals surface area contributed by atoms with E-state index in [0.717, 1.165) is 28.7 Å². The first-order chi connectivity index (χ1) is 13.9. The van der Waals surface area contributed by atoms with E-state index >= 15 is 0 Å². The third-order valence-electron chi connectivity index (χ3n) is 5.05. The Balaban J connectivity index is 0.000000353. The number of nitrogens with one attached hydrogen (secondary N) is 1. The van der Waals surface area contributed by atoms with Crippen LogP contribution in [0.3, 0.4) is 0 Å². The van der Waals surface area contributed by atoms with E-state index in [4.69, 9.17) is 4.79 Å². The Kier molecular flexibility index (Phi) is 6.46. The molecule has 154 valence electrons. The molecule has 29 heavy (non-hydrogen) atoms. The van der Waals surface area contributed by atoms with Gasteiger partial charge in [-0.3, -0.25) is 9.48 Å². The number of rotatable bonds is 5. The predicted octanol–water partition coefficient (Wildman–Crippen LogP) is 4.88. The predicted molar refractivity (Wildman–Crippen MR) is 103 cm³/mol. The number of alkyl halides is 3. The van der Waals surface area contributed by atoms with Gasteiger partial charge >= 0.3 is 6.18 Å². The molecule has 3 heterocycles. The van der Waals surface area contributed by atoms with Crippen molar-refractivity contribution in [3.05, 3.63) is 43.6 Å². The molecule has 3 aromatic heterocycles. The largest absolute Gasteiger partial charge is 0.446 e. The van der Waals surface area contributed by atoms with Crippen molar-refractivity contribution in [2.45, 2.75) is 44.3 Å². The number of aromatic nitrogens is 5. The van der Waals surface area contributed by atoms with E-state index < -0.39 is 12.5 Å². The molecule has 1 fully saturated rings. The van der Waals surface area contributed by atoms with Crippen molar-refractivity contribution < 1.29 is 18.0 Å². The maximum atomic E-state index is 10.4. The summed E-state index contributed by atoms with van der Waals surface area (Å²) in [5.74, 6) is 0.707. The molecule has 1 N–H and O–H groups in total. The highest BCUT2D eigenvalue weighted by Crippen LogP contribution is 2.37. The quantitative estimate of drug-likeness (QED) is 0.485. The van der Waals surface area contributed by atoms with Crippen molar-refractivity contribution >= 4 is 17.3 Å². The van der Waals surface area contributed by atoms with Crippen molar-refractivity contribution in [3.63, 3.8) is 0 Å². The van der Waals surface area contributed by atoms with Gasteiger partial charge in [-0.15, -0.1) is 6.58 Å². The van der Waals surface area contributed by atoms with Gasteiger partial charge in [0.1, 0.15) is 12.0 Å². The summed E-state index contributed by atoms with van der Waals surface area (Å²) in [6.45, 7) is 3.93. The van der Waals surface area contributed by atoms with Crippen molar-refractivity contribution in [1.82, 2.24) is 24.7 Å². The van der Waals surface area contributed by atoms with Gasteiger partial charge in [-0.1, -0.05) is 18.9 Å². The molecule has 3 aromatic rings. The maximum absolute atomic E-state index is 10.4. The highest BCUT2D eigenvalue weighted by molar-refractivity contribution is 5.89. The average molecular weight is 405 g/mol. The topological polar surface area (TPSA) is 76.5 Å². The SMILES string of the molecule is C=CCC(C1CCCC1)n1cc(-c2ncnc3[nH]ccc23)cn1.O=CC(F)(F)F. The molecule has 0 aliphatic heterocycles. The fraction of sp³-hybridized carbons (Fsp3) is 0.400. The number of hydrogen-bond acceptors (Lipinski definition) is 4. The fourth-order valence-corrected chi connectivity index (χ4v) is 3.77. The maximum Gasteiger partial charge on any atom is 0.446 e. The smallest absolute Gasteiger partial charge is 0.346 e. The number of allylic oxidation sites excluding steroid dienone is 1. The Morgan fingerprint density at radius 2 is 2.03 bits per heavy atom. The van der Waals surface area contributed by atoms with Crippen LogP contribution in [0.25, 0.3) is 22.3 Å². The summed E-state index contributed by atoms with van der Waals surface area (Å²) in [5, 5.41) is 5.68. The Labute approximate surface area is 165 Å². The van der Waals surface area contributed by atoms with Crippen LogP contribution in [-0.4, -0.2) is 37.2 Å². The minimum atomic E-state index is -4.64. The number of aromatic amines is 1. The monoisotopic (exact) mass is 405 g/mol. The average Bonchev–Trinajstić information content (AvgIpc) is 3.47. The number of aldehydes is 1. The van der Waals surface area contributed by atoms with Crippen molar-refractivity contribution in [3.8, 4) is 11.3 Å². The van der Waals surface area contributed by atoms with E-state index in [0.29, 0.717) is 12.0 Å². The molecule has 4 rings (SSSR count). The van der Waals surface area contributed by atoms with Crippen LogP contribution < -0.4 is 0 Å². The lowest BCUT2D eigenvalue weighted by Gasteiger charge is -2.22. The zero-order valence-corrected chi connectivity index (χ0v) is 15.8. The first-order valence-corrected chi connectivity index (χ1v) is 9.39. The molecular weight excluding hydrogens is 383 g/mol. The molecule has 0 bridgehead atoms. The number of nitrogens with zero attached hydrogens (tertiary/aromatic N) is 4. The number of carbonyl (C=O) groups is 1. The van der Waals surface area contributed by atoms with Crippen molar-refractivity contribution in [2.24, 2.45) is 5.92 Å². The van der Waals surface area contributed by atoms with Crippen LogP contribution in [0.2, 0.25) is 0 Å². The Morgan fingerprint density at radius 3 is 2.69 bits per heavy atom. The van der Waals surface area contributed by atoms with Crippen LogP contribution in [0.5, 0.6) is 0 Å². The molecule has 0 amide bonds. The molecular formula is C20H22F3N5O. The lowest BCUT2D eigenvalue weighted by atomic mass is 9.95. The summed E-state index contributed by atoms with van der Waals surface area (Å²) in [7, 11) is 0. The molecule has 9 heteroatoms. The molecule has 1 unspecified atom stereocenters. The van der Waals surface area contributed by atoms with Crippen molar-refractivity contribution in [2.75, 3.05) is 0 Å². The second kappa shape index (κ2) is 9.02. The summed E-state index contributed by atoms with van der Waals surface area (Å²) in [4.78, 5) is 20.5. The molecule has 0 saturated heterocycles. The van der Waals surface area contributed by atoms with Crippen LogP contribution in [0.1, 0.15) is 38.1 Å². The molecule has 1 aliphatic rings. The highest BCUT2D eigenvalue weighted by Gasteiger charge is 2.26. The van der Waals surface area contributed by atoms with Crippen LogP contribution in [0.15, 0.2) is 43.6 Å². The van der Waals surface area contributed by atoms with Gasteiger partial charge in [0.25, 0.3) is 0 Å². The van der Waals surface area contributed by atoms with Crippen LogP contribution in [0, 0.1) is 5.92 Å². The van der Waals surface area contributed by atoms with E-state index in [1.165, 1.54) is 25.7 Å². The number of hydrogen-bond donors (Lipinski definition) is 1. The summed E-state index contributed by atoms with van der Waals surface area (Å²) in [6, 6.07) is 2.42. The number of carbonyl (C=O) groups excluding carboxylic acids is 1. The molecule has 1 atom stereocenters. The van der Waals surface area contributed by atoms with Crippen LogP contribution in [-0.2, 0) is 4.79 Å². The number of H-pyrrole nitrogens is 1. The minimum Gasteiger partial charge on any atom is -0.346 e. The number of fused-ring (bicyclic) bond motifs is 1. The van der Waals surface area contributed by atoms with Crippen LogP contribution >= 0.6 is 0 Å². The molecule has 0 aromatic carbocycles. The van der Waals surface area contributed by atoms with E-state index in [1.807, 2.05) is 24.5 Å². The van der Waals surface area contributed by atoms with Crippen molar-refractivity contribution in [1.29, 1.82) is 0 Å².